The second kappa shape index (κ2) is 6.14. The van der Waals surface area contributed by atoms with E-state index in [0.29, 0.717) is 24.7 Å². The molecule has 0 unspecified atom stereocenters. The number of amides is 1. The Kier molecular flexibility index (Phi) is 3.85. The smallest absolute Gasteiger partial charge is 0.229 e. The molecule has 120 valence electrons. The van der Waals surface area contributed by atoms with Crippen LogP contribution in [0.2, 0.25) is 0 Å². The van der Waals surface area contributed by atoms with Gasteiger partial charge in [-0.1, -0.05) is 48.3 Å². The number of likely N-dealkylation sites (tertiary alicyclic amines) is 1. The normalized spacial score (nSPS) is 22.2. The van der Waals surface area contributed by atoms with Crippen molar-refractivity contribution in [2.75, 3.05) is 6.54 Å². The molecule has 1 aliphatic heterocycles. The first-order valence-corrected chi connectivity index (χ1v) is 8.45. The summed E-state index contributed by atoms with van der Waals surface area (Å²) >= 11 is 0. The van der Waals surface area contributed by atoms with Crippen molar-refractivity contribution in [2.45, 2.75) is 50.5 Å². The van der Waals surface area contributed by atoms with Gasteiger partial charge in [-0.25, -0.2) is 0 Å². The third-order valence-corrected chi connectivity index (χ3v) is 5.01. The number of hydrogen-bond acceptors (Lipinski definition) is 4. The van der Waals surface area contributed by atoms with Crippen LogP contribution in [-0.2, 0) is 11.3 Å². The van der Waals surface area contributed by atoms with Crippen LogP contribution in [0.5, 0.6) is 0 Å². The first-order chi connectivity index (χ1) is 11.3. The molecule has 2 fully saturated rings. The van der Waals surface area contributed by atoms with E-state index in [-0.39, 0.29) is 11.8 Å². The van der Waals surface area contributed by atoms with E-state index in [9.17, 15) is 4.79 Å². The van der Waals surface area contributed by atoms with Crippen molar-refractivity contribution in [2.24, 2.45) is 0 Å². The van der Waals surface area contributed by atoms with Crippen molar-refractivity contribution in [3.8, 4) is 0 Å². The number of carbonyl (C=O) groups excluding carboxylic acids is 1. The van der Waals surface area contributed by atoms with E-state index in [4.69, 9.17) is 4.52 Å². The average Bonchev–Trinajstić information content (AvgIpc) is 3.30. The SMILES string of the molecule is O=C1C[C@@H](c2ccccc2)CN1Cc1noc(C2CCCC2)n1. The van der Waals surface area contributed by atoms with Gasteiger partial charge >= 0.3 is 0 Å². The van der Waals surface area contributed by atoms with Crippen molar-refractivity contribution < 1.29 is 9.32 Å². The molecule has 5 nitrogen and oxygen atoms in total. The van der Waals surface area contributed by atoms with E-state index in [1.165, 1.54) is 18.4 Å². The number of benzene rings is 1. The Bertz CT molecular complexity index is 677. The summed E-state index contributed by atoms with van der Waals surface area (Å²) in [6.45, 7) is 1.19. The van der Waals surface area contributed by atoms with Crippen LogP contribution in [0, 0.1) is 0 Å². The Balaban J connectivity index is 1.42. The summed E-state index contributed by atoms with van der Waals surface area (Å²) in [5, 5.41) is 4.08. The molecule has 5 heteroatoms. The molecular weight excluding hydrogens is 290 g/mol. The van der Waals surface area contributed by atoms with Gasteiger partial charge in [0.05, 0.1) is 6.54 Å². The van der Waals surface area contributed by atoms with Gasteiger partial charge in [0, 0.05) is 24.8 Å². The quantitative estimate of drug-likeness (QED) is 0.869. The molecule has 0 radical (unpaired) electrons. The molecule has 1 saturated heterocycles. The lowest BCUT2D eigenvalue weighted by atomic mass is 9.99. The molecular formula is C18H21N3O2. The minimum absolute atomic E-state index is 0.172. The zero-order valence-electron chi connectivity index (χ0n) is 13.1. The van der Waals surface area contributed by atoms with Crippen LogP contribution >= 0.6 is 0 Å². The van der Waals surface area contributed by atoms with Crippen molar-refractivity contribution in [1.29, 1.82) is 0 Å². The minimum Gasteiger partial charge on any atom is -0.339 e. The van der Waals surface area contributed by atoms with Crippen molar-refractivity contribution in [1.82, 2.24) is 15.0 Å². The molecule has 1 saturated carbocycles. The third-order valence-electron chi connectivity index (χ3n) is 5.01. The van der Waals surface area contributed by atoms with E-state index < -0.39 is 0 Å². The molecule has 1 atom stereocenters. The largest absolute Gasteiger partial charge is 0.339 e. The predicted octanol–water partition coefficient (Wildman–Crippen LogP) is 3.24. The fourth-order valence-corrected chi connectivity index (χ4v) is 3.71. The molecule has 1 amide bonds. The summed E-state index contributed by atoms with van der Waals surface area (Å²) in [7, 11) is 0. The molecule has 1 aliphatic carbocycles. The van der Waals surface area contributed by atoms with Crippen molar-refractivity contribution in [3.05, 3.63) is 47.6 Å². The number of rotatable bonds is 4. The Hall–Kier alpha value is -2.17. The maximum absolute atomic E-state index is 12.3. The molecule has 23 heavy (non-hydrogen) atoms. The Labute approximate surface area is 135 Å². The van der Waals surface area contributed by atoms with Crippen LogP contribution in [0.3, 0.4) is 0 Å². The maximum Gasteiger partial charge on any atom is 0.229 e. The van der Waals surface area contributed by atoms with E-state index >= 15 is 0 Å². The van der Waals surface area contributed by atoms with Gasteiger partial charge in [-0.3, -0.25) is 4.79 Å². The lowest BCUT2D eigenvalue weighted by Gasteiger charge is -2.14. The standard InChI is InChI=1S/C18H21N3O2/c22-17-10-15(13-6-2-1-3-7-13)11-21(17)12-16-19-18(23-20-16)14-8-4-5-9-14/h1-3,6-7,14-15H,4-5,8-12H2/t15-/m1/s1. The third kappa shape index (κ3) is 3.00. The lowest BCUT2D eigenvalue weighted by molar-refractivity contribution is -0.128. The average molecular weight is 311 g/mol. The summed E-state index contributed by atoms with van der Waals surface area (Å²) in [4.78, 5) is 18.6. The highest BCUT2D eigenvalue weighted by molar-refractivity contribution is 5.79. The summed E-state index contributed by atoms with van der Waals surface area (Å²) in [6.07, 6.45) is 5.33. The monoisotopic (exact) mass is 311 g/mol. The molecule has 0 bridgehead atoms. The summed E-state index contributed by atoms with van der Waals surface area (Å²) in [6, 6.07) is 10.2. The second-order valence-corrected chi connectivity index (χ2v) is 6.62. The van der Waals surface area contributed by atoms with Crippen molar-refractivity contribution in [3.63, 3.8) is 0 Å². The van der Waals surface area contributed by atoms with Gasteiger partial charge < -0.3 is 9.42 Å². The Morgan fingerprint density at radius 3 is 2.70 bits per heavy atom. The van der Waals surface area contributed by atoms with Gasteiger partial charge in [0.25, 0.3) is 0 Å². The molecule has 4 rings (SSSR count). The van der Waals surface area contributed by atoms with Gasteiger partial charge in [-0.2, -0.15) is 4.98 Å². The highest BCUT2D eigenvalue weighted by atomic mass is 16.5. The van der Waals surface area contributed by atoms with E-state index in [2.05, 4.69) is 22.3 Å². The second-order valence-electron chi connectivity index (χ2n) is 6.62. The molecule has 2 heterocycles. The topological polar surface area (TPSA) is 59.2 Å². The lowest BCUT2D eigenvalue weighted by Crippen LogP contribution is -2.25. The number of hydrogen-bond donors (Lipinski definition) is 0. The van der Waals surface area contributed by atoms with Crippen LogP contribution in [0.15, 0.2) is 34.9 Å². The van der Waals surface area contributed by atoms with Gasteiger partial charge in [-0.15, -0.1) is 0 Å². The van der Waals surface area contributed by atoms with Crippen LogP contribution in [0.1, 0.15) is 61.2 Å². The summed E-state index contributed by atoms with van der Waals surface area (Å²) in [5.41, 5.74) is 1.23. The molecule has 2 aliphatic rings. The fourth-order valence-electron chi connectivity index (χ4n) is 3.71. The minimum atomic E-state index is 0.172. The van der Waals surface area contributed by atoms with Crippen LogP contribution in [0.4, 0.5) is 0 Å². The first kappa shape index (κ1) is 14.4. The Morgan fingerprint density at radius 1 is 1.13 bits per heavy atom. The van der Waals surface area contributed by atoms with Crippen LogP contribution in [0.25, 0.3) is 0 Å². The highest BCUT2D eigenvalue weighted by Gasteiger charge is 2.32. The molecule has 2 aromatic rings. The number of carbonyl (C=O) groups is 1. The molecule has 0 N–H and O–H groups in total. The van der Waals surface area contributed by atoms with Gasteiger partial charge in [0.1, 0.15) is 0 Å². The van der Waals surface area contributed by atoms with E-state index in [1.807, 2.05) is 23.1 Å². The van der Waals surface area contributed by atoms with E-state index in [0.717, 1.165) is 25.3 Å². The first-order valence-electron chi connectivity index (χ1n) is 8.45. The van der Waals surface area contributed by atoms with Gasteiger partial charge in [0.2, 0.25) is 11.8 Å². The highest BCUT2D eigenvalue weighted by Crippen LogP contribution is 2.33. The zero-order valence-corrected chi connectivity index (χ0v) is 13.1. The Morgan fingerprint density at radius 2 is 1.91 bits per heavy atom. The molecule has 1 aromatic heterocycles. The molecule has 0 spiro atoms. The summed E-state index contributed by atoms with van der Waals surface area (Å²) < 4.78 is 5.41. The predicted molar refractivity (Wildman–Crippen MR) is 84.7 cm³/mol. The number of nitrogens with zero attached hydrogens (tertiary/aromatic N) is 3. The number of aromatic nitrogens is 2. The summed E-state index contributed by atoms with van der Waals surface area (Å²) in [5.74, 6) is 2.25. The molecule has 1 aromatic carbocycles. The van der Waals surface area contributed by atoms with Gasteiger partial charge in [-0.05, 0) is 18.4 Å². The van der Waals surface area contributed by atoms with Crippen LogP contribution in [-0.4, -0.2) is 27.5 Å². The maximum atomic E-state index is 12.3. The van der Waals surface area contributed by atoms with Crippen molar-refractivity contribution >= 4 is 5.91 Å². The fraction of sp³-hybridized carbons (Fsp3) is 0.500. The van der Waals surface area contributed by atoms with Gasteiger partial charge in [0.15, 0.2) is 5.82 Å². The van der Waals surface area contributed by atoms with Crippen LogP contribution < -0.4 is 0 Å². The zero-order chi connectivity index (χ0) is 15.6. The van der Waals surface area contributed by atoms with E-state index in [1.54, 1.807) is 0 Å².